The smallest absolute Gasteiger partial charge is 0.156 e. The first-order valence-corrected chi connectivity index (χ1v) is 6.12. The Hall–Kier alpha value is -0.480. The van der Waals surface area contributed by atoms with E-state index in [0.717, 1.165) is 0 Å². The fourth-order valence-electron chi connectivity index (χ4n) is 1.15. The van der Waals surface area contributed by atoms with Gasteiger partial charge in [0.15, 0.2) is 5.75 Å². The minimum Gasteiger partial charge on any atom is -0.488 e. The lowest BCUT2D eigenvalue weighted by atomic mass is 10.3. The second kappa shape index (κ2) is 7.07. The average molecular weight is 279 g/mol. The summed E-state index contributed by atoms with van der Waals surface area (Å²) >= 11 is 11.8. The highest BCUT2D eigenvalue weighted by Crippen LogP contribution is 2.32. The molecule has 0 saturated carbocycles. The van der Waals surface area contributed by atoms with Gasteiger partial charge in [0.2, 0.25) is 0 Å². The Morgan fingerprint density at radius 3 is 2.29 bits per heavy atom. The van der Waals surface area contributed by atoms with Gasteiger partial charge in [-0.05, 0) is 26.0 Å². The summed E-state index contributed by atoms with van der Waals surface area (Å²) in [6, 6.07) is 5.09. The molecule has 3 nitrogen and oxygen atoms in total. The number of para-hydroxylation sites is 1. The monoisotopic (exact) mass is 278 g/mol. The zero-order valence-corrected chi connectivity index (χ0v) is 11.3. The highest BCUT2D eigenvalue weighted by molar-refractivity contribution is 6.37. The van der Waals surface area contributed by atoms with Gasteiger partial charge in [0.25, 0.3) is 0 Å². The van der Waals surface area contributed by atoms with E-state index >= 15 is 0 Å². The molecular formula is C12H16Cl2O3. The van der Waals surface area contributed by atoms with Gasteiger partial charge in [-0.25, -0.2) is 0 Å². The molecule has 1 aromatic carbocycles. The molecule has 0 aliphatic rings. The lowest BCUT2D eigenvalue weighted by Crippen LogP contribution is -2.25. The fraction of sp³-hybridized carbons (Fsp3) is 0.500. The van der Waals surface area contributed by atoms with Crippen molar-refractivity contribution in [1.82, 2.24) is 0 Å². The molecule has 0 bridgehead atoms. The number of rotatable bonds is 6. The van der Waals surface area contributed by atoms with E-state index in [1.165, 1.54) is 0 Å². The number of hydrogen-bond donors (Lipinski definition) is 1. The number of halogens is 2. The third-order valence-electron chi connectivity index (χ3n) is 1.96. The van der Waals surface area contributed by atoms with Crippen molar-refractivity contribution in [3.8, 4) is 5.75 Å². The van der Waals surface area contributed by atoms with E-state index in [9.17, 15) is 5.11 Å². The molecule has 0 spiro atoms. The largest absolute Gasteiger partial charge is 0.488 e. The molecule has 5 heteroatoms. The molecule has 1 rings (SSSR count). The number of ether oxygens (including phenoxy) is 2. The Bertz CT molecular complexity index is 335. The second-order valence-electron chi connectivity index (χ2n) is 3.90. The van der Waals surface area contributed by atoms with Crippen molar-refractivity contribution >= 4 is 23.2 Å². The summed E-state index contributed by atoms with van der Waals surface area (Å²) in [6.45, 7) is 4.12. The predicted octanol–water partition coefficient (Wildman–Crippen LogP) is 3.16. The van der Waals surface area contributed by atoms with Gasteiger partial charge in [0.1, 0.15) is 12.7 Å². The van der Waals surface area contributed by atoms with Crippen LogP contribution in [0.3, 0.4) is 0 Å². The zero-order chi connectivity index (χ0) is 12.8. The first-order valence-electron chi connectivity index (χ1n) is 5.37. The maximum absolute atomic E-state index is 9.60. The molecule has 0 amide bonds. The highest BCUT2D eigenvalue weighted by Gasteiger charge is 2.11. The van der Waals surface area contributed by atoms with Crippen LogP contribution < -0.4 is 4.74 Å². The van der Waals surface area contributed by atoms with Gasteiger partial charge in [-0.15, -0.1) is 0 Å². The van der Waals surface area contributed by atoms with Gasteiger partial charge in [-0.1, -0.05) is 29.3 Å². The van der Waals surface area contributed by atoms with Crippen molar-refractivity contribution in [1.29, 1.82) is 0 Å². The van der Waals surface area contributed by atoms with Gasteiger partial charge < -0.3 is 14.6 Å². The van der Waals surface area contributed by atoms with Crippen molar-refractivity contribution in [2.24, 2.45) is 0 Å². The lowest BCUT2D eigenvalue weighted by Gasteiger charge is -2.15. The minimum absolute atomic E-state index is 0.0774. The van der Waals surface area contributed by atoms with E-state index in [1.807, 2.05) is 13.8 Å². The van der Waals surface area contributed by atoms with Gasteiger partial charge in [0, 0.05) is 0 Å². The predicted molar refractivity (Wildman–Crippen MR) is 69.1 cm³/mol. The van der Waals surface area contributed by atoms with E-state index in [4.69, 9.17) is 32.7 Å². The van der Waals surface area contributed by atoms with Crippen LogP contribution >= 0.6 is 23.2 Å². The Labute approximate surface area is 111 Å². The Morgan fingerprint density at radius 2 is 1.76 bits per heavy atom. The van der Waals surface area contributed by atoms with Crippen LogP contribution in [0.4, 0.5) is 0 Å². The first-order chi connectivity index (χ1) is 8.00. The van der Waals surface area contributed by atoms with Gasteiger partial charge in [0.05, 0.1) is 22.8 Å². The molecule has 0 heterocycles. The lowest BCUT2D eigenvalue weighted by molar-refractivity contribution is -0.0122. The summed E-state index contributed by atoms with van der Waals surface area (Å²) in [5.41, 5.74) is 0. The van der Waals surface area contributed by atoms with Gasteiger partial charge in [-0.2, -0.15) is 0 Å². The van der Waals surface area contributed by atoms with Crippen molar-refractivity contribution in [3.63, 3.8) is 0 Å². The Balaban J connectivity index is 2.44. The van der Waals surface area contributed by atoms with Crippen LogP contribution in [0.2, 0.25) is 10.0 Å². The van der Waals surface area contributed by atoms with E-state index in [1.54, 1.807) is 18.2 Å². The normalized spacial score (nSPS) is 12.8. The van der Waals surface area contributed by atoms with Crippen LogP contribution in [0, 0.1) is 0 Å². The molecule has 0 saturated heterocycles. The third kappa shape index (κ3) is 5.13. The number of benzene rings is 1. The van der Waals surface area contributed by atoms with Crippen molar-refractivity contribution in [2.75, 3.05) is 13.2 Å². The topological polar surface area (TPSA) is 38.7 Å². The maximum Gasteiger partial charge on any atom is 0.156 e. The summed E-state index contributed by atoms with van der Waals surface area (Å²) in [4.78, 5) is 0. The molecule has 0 aliphatic carbocycles. The molecule has 0 radical (unpaired) electrons. The molecule has 17 heavy (non-hydrogen) atoms. The fourth-order valence-corrected chi connectivity index (χ4v) is 1.66. The van der Waals surface area contributed by atoms with E-state index in [2.05, 4.69) is 0 Å². The summed E-state index contributed by atoms with van der Waals surface area (Å²) in [5.74, 6) is 0.388. The highest BCUT2D eigenvalue weighted by atomic mass is 35.5. The maximum atomic E-state index is 9.60. The van der Waals surface area contributed by atoms with Gasteiger partial charge in [-0.3, -0.25) is 0 Å². The molecule has 0 aliphatic heterocycles. The third-order valence-corrected chi connectivity index (χ3v) is 2.56. The molecule has 1 N–H and O–H groups in total. The average Bonchev–Trinajstić information content (AvgIpc) is 2.25. The number of aliphatic hydroxyl groups excluding tert-OH is 1. The van der Waals surface area contributed by atoms with Crippen LogP contribution in [0.15, 0.2) is 18.2 Å². The summed E-state index contributed by atoms with van der Waals surface area (Å²) in [6.07, 6.45) is -0.627. The quantitative estimate of drug-likeness (QED) is 0.869. The molecule has 96 valence electrons. The van der Waals surface area contributed by atoms with Crippen LogP contribution in [0.1, 0.15) is 13.8 Å². The molecular weight excluding hydrogens is 263 g/mol. The van der Waals surface area contributed by atoms with Crippen molar-refractivity contribution in [3.05, 3.63) is 28.2 Å². The van der Waals surface area contributed by atoms with Crippen molar-refractivity contribution in [2.45, 2.75) is 26.1 Å². The van der Waals surface area contributed by atoms with E-state index < -0.39 is 6.10 Å². The number of aliphatic hydroxyl groups is 1. The first kappa shape index (κ1) is 14.6. The zero-order valence-electron chi connectivity index (χ0n) is 9.82. The Kier molecular flexibility index (Phi) is 6.06. The van der Waals surface area contributed by atoms with Crippen molar-refractivity contribution < 1.29 is 14.6 Å². The van der Waals surface area contributed by atoms with Crippen LogP contribution in [-0.4, -0.2) is 30.5 Å². The molecule has 0 fully saturated rings. The molecule has 1 unspecified atom stereocenters. The molecule has 0 aromatic heterocycles. The molecule has 1 aromatic rings. The summed E-state index contributed by atoms with van der Waals surface area (Å²) < 4.78 is 10.6. The van der Waals surface area contributed by atoms with Gasteiger partial charge >= 0.3 is 0 Å². The standard InChI is InChI=1S/C12H16Cl2O3/c1-8(2)16-6-9(15)7-17-12-10(13)4-3-5-11(12)14/h3-5,8-9,15H,6-7H2,1-2H3. The van der Waals surface area contributed by atoms with E-state index in [0.29, 0.717) is 15.8 Å². The second-order valence-corrected chi connectivity index (χ2v) is 4.71. The number of hydrogen-bond acceptors (Lipinski definition) is 3. The summed E-state index contributed by atoms with van der Waals surface area (Å²) in [7, 11) is 0. The van der Waals surface area contributed by atoms with Crippen LogP contribution in [0.5, 0.6) is 5.75 Å². The minimum atomic E-state index is -0.704. The summed E-state index contributed by atoms with van der Waals surface area (Å²) in [5, 5.41) is 10.5. The Morgan fingerprint density at radius 1 is 1.18 bits per heavy atom. The van der Waals surface area contributed by atoms with Crippen LogP contribution in [-0.2, 0) is 4.74 Å². The SMILES string of the molecule is CC(C)OCC(O)COc1c(Cl)cccc1Cl. The molecule has 1 atom stereocenters. The van der Waals surface area contributed by atoms with E-state index in [-0.39, 0.29) is 19.3 Å². The van der Waals surface area contributed by atoms with Crippen LogP contribution in [0.25, 0.3) is 0 Å².